The normalized spacial score (nSPS) is 14.9. The van der Waals surface area contributed by atoms with Gasteiger partial charge in [0.1, 0.15) is 5.25 Å². The van der Waals surface area contributed by atoms with Crippen molar-refractivity contribution in [2.24, 2.45) is 5.73 Å². The molecule has 3 N–H and O–H groups in total. The van der Waals surface area contributed by atoms with E-state index in [1.165, 1.54) is 14.0 Å². The van der Waals surface area contributed by atoms with Crippen molar-refractivity contribution >= 4 is 27.2 Å². The van der Waals surface area contributed by atoms with Crippen LogP contribution in [-0.2, 0) is 14.8 Å². The number of hydrogen-bond acceptors (Lipinski definition) is 4. The van der Waals surface area contributed by atoms with Crippen LogP contribution in [0.25, 0.3) is 0 Å². The first-order valence-electron chi connectivity index (χ1n) is 4.43. The van der Waals surface area contributed by atoms with Crippen LogP contribution in [0.5, 0.6) is 0 Å². The fourth-order valence-electron chi connectivity index (χ4n) is 1.02. The number of nitrogens with two attached hydrogens (primary N) is 1. The third kappa shape index (κ3) is 4.87. The maximum absolute atomic E-state index is 11.7. The van der Waals surface area contributed by atoms with Crippen molar-refractivity contribution in [2.45, 2.75) is 31.6 Å². The zero-order valence-electron chi connectivity index (χ0n) is 9.40. The molecule has 90 valence electrons. The van der Waals surface area contributed by atoms with Gasteiger partial charge in [-0.2, -0.15) is 0 Å². The summed E-state index contributed by atoms with van der Waals surface area (Å²) in [5, 5.41) is -0.886. The van der Waals surface area contributed by atoms with Crippen LogP contribution in [0.15, 0.2) is 0 Å². The molecular formula is C8H18N2O3S2. The lowest BCUT2D eigenvalue weighted by Gasteiger charge is -2.26. The van der Waals surface area contributed by atoms with E-state index in [4.69, 9.17) is 10.5 Å². The van der Waals surface area contributed by atoms with Crippen LogP contribution in [0.4, 0.5) is 0 Å². The Labute approximate surface area is 96.4 Å². The van der Waals surface area contributed by atoms with Gasteiger partial charge in [0, 0.05) is 7.11 Å². The van der Waals surface area contributed by atoms with Crippen LogP contribution < -0.4 is 10.5 Å². The van der Waals surface area contributed by atoms with E-state index in [1.807, 2.05) is 0 Å². The highest BCUT2D eigenvalue weighted by molar-refractivity contribution is 7.93. The summed E-state index contributed by atoms with van der Waals surface area (Å²) >= 11 is 4.65. The van der Waals surface area contributed by atoms with Crippen molar-refractivity contribution in [1.82, 2.24) is 4.72 Å². The summed E-state index contributed by atoms with van der Waals surface area (Å²) in [7, 11) is -2.03. The van der Waals surface area contributed by atoms with Gasteiger partial charge in [0.15, 0.2) is 0 Å². The maximum atomic E-state index is 11.7. The second kappa shape index (κ2) is 5.20. The minimum Gasteiger partial charge on any atom is -0.392 e. The van der Waals surface area contributed by atoms with Gasteiger partial charge in [0.2, 0.25) is 10.0 Å². The van der Waals surface area contributed by atoms with Gasteiger partial charge in [-0.05, 0) is 20.8 Å². The van der Waals surface area contributed by atoms with Crippen LogP contribution in [0.2, 0.25) is 0 Å². The highest BCUT2D eigenvalue weighted by Crippen LogP contribution is 2.08. The lowest BCUT2D eigenvalue weighted by Crippen LogP contribution is -2.51. The maximum Gasteiger partial charge on any atom is 0.221 e. The number of ether oxygens (including phenoxy) is 1. The molecule has 0 aliphatic rings. The van der Waals surface area contributed by atoms with Crippen molar-refractivity contribution in [1.29, 1.82) is 0 Å². The average Bonchev–Trinajstić information content (AvgIpc) is 2.00. The molecule has 15 heavy (non-hydrogen) atoms. The average molecular weight is 254 g/mol. The summed E-state index contributed by atoms with van der Waals surface area (Å²) in [4.78, 5) is -0.0456. The van der Waals surface area contributed by atoms with Crippen LogP contribution in [0, 0.1) is 0 Å². The molecule has 7 heteroatoms. The lowest BCUT2D eigenvalue weighted by molar-refractivity contribution is 0.141. The molecule has 0 amide bonds. The van der Waals surface area contributed by atoms with E-state index in [0.717, 1.165) is 0 Å². The van der Waals surface area contributed by atoms with Gasteiger partial charge >= 0.3 is 0 Å². The van der Waals surface area contributed by atoms with E-state index in [2.05, 4.69) is 16.9 Å². The van der Waals surface area contributed by atoms with Gasteiger partial charge < -0.3 is 10.5 Å². The Kier molecular flexibility index (Phi) is 5.12. The lowest BCUT2D eigenvalue weighted by atomic mass is 10.1. The molecule has 0 saturated carbocycles. The van der Waals surface area contributed by atoms with Crippen LogP contribution >= 0.6 is 12.2 Å². The number of hydrogen-bond donors (Lipinski definition) is 2. The van der Waals surface area contributed by atoms with Crippen molar-refractivity contribution in [3.05, 3.63) is 0 Å². The molecule has 0 aromatic carbocycles. The smallest absolute Gasteiger partial charge is 0.221 e. The number of sulfonamides is 1. The second-order valence-corrected chi connectivity index (χ2v) is 6.48. The largest absolute Gasteiger partial charge is 0.392 e. The minimum atomic E-state index is -3.54. The minimum absolute atomic E-state index is 0.0456. The fourth-order valence-corrected chi connectivity index (χ4v) is 2.71. The Morgan fingerprint density at radius 2 is 2.07 bits per heavy atom. The third-order valence-corrected chi connectivity index (χ3v) is 4.31. The van der Waals surface area contributed by atoms with E-state index >= 15 is 0 Å². The second-order valence-electron chi connectivity index (χ2n) is 4.01. The van der Waals surface area contributed by atoms with Gasteiger partial charge in [-0.15, -0.1) is 0 Å². The van der Waals surface area contributed by atoms with E-state index in [9.17, 15) is 8.42 Å². The predicted octanol–water partition coefficient (Wildman–Crippen LogP) is 0.00540. The number of nitrogens with one attached hydrogen (secondary N) is 1. The molecule has 0 radical (unpaired) electrons. The molecule has 0 spiro atoms. The zero-order valence-corrected chi connectivity index (χ0v) is 11.0. The van der Waals surface area contributed by atoms with Crippen molar-refractivity contribution < 1.29 is 13.2 Å². The standard InChI is InChI=1S/C8H18N2O3S2/c1-6(7(9)14)15(11,12)10-8(2,3)5-13-4/h6,10H,5H2,1-4H3,(H2,9,14). The molecule has 0 bridgehead atoms. The Balaban J connectivity index is 4.72. The van der Waals surface area contributed by atoms with Gasteiger partial charge in [0.05, 0.1) is 17.1 Å². The Bertz CT molecular complexity index is 325. The van der Waals surface area contributed by atoms with Gasteiger partial charge in [-0.25, -0.2) is 13.1 Å². The summed E-state index contributed by atoms with van der Waals surface area (Å²) in [6.45, 7) is 5.17. The highest BCUT2D eigenvalue weighted by Gasteiger charge is 2.30. The number of thiocarbonyl (C=S) groups is 1. The molecular weight excluding hydrogens is 236 g/mol. The van der Waals surface area contributed by atoms with E-state index in [1.54, 1.807) is 13.8 Å². The Hall–Kier alpha value is -0.240. The van der Waals surface area contributed by atoms with Crippen molar-refractivity contribution in [2.75, 3.05) is 13.7 Å². The van der Waals surface area contributed by atoms with E-state index in [-0.39, 0.29) is 11.6 Å². The summed E-state index contributed by atoms with van der Waals surface area (Å²) in [6.07, 6.45) is 0. The topological polar surface area (TPSA) is 81.4 Å². The monoisotopic (exact) mass is 254 g/mol. The SMILES string of the molecule is COCC(C)(C)NS(=O)(=O)C(C)C(N)=S. The molecule has 0 fully saturated rings. The molecule has 0 heterocycles. The molecule has 0 aromatic rings. The molecule has 0 saturated heterocycles. The summed E-state index contributed by atoms with van der Waals surface area (Å²) < 4.78 is 30.9. The molecule has 1 atom stereocenters. The Morgan fingerprint density at radius 1 is 1.60 bits per heavy atom. The van der Waals surface area contributed by atoms with Gasteiger partial charge in [-0.3, -0.25) is 0 Å². The van der Waals surface area contributed by atoms with Crippen LogP contribution in [0.1, 0.15) is 20.8 Å². The van der Waals surface area contributed by atoms with Crippen molar-refractivity contribution in [3.8, 4) is 0 Å². The van der Waals surface area contributed by atoms with E-state index < -0.39 is 20.8 Å². The molecule has 0 aromatic heterocycles. The van der Waals surface area contributed by atoms with E-state index in [0.29, 0.717) is 0 Å². The molecule has 0 aliphatic carbocycles. The Morgan fingerprint density at radius 3 is 2.40 bits per heavy atom. The first kappa shape index (κ1) is 14.8. The first-order valence-corrected chi connectivity index (χ1v) is 6.39. The summed E-state index contributed by atoms with van der Waals surface area (Å²) in [5.41, 5.74) is 4.62. The molecule has 0 rings (SSSR count). The van der Waals surface area contributed by atoms with Crippen LogP contribution in [0.3, 0.4) is 0 Å². The number of methoxy groups -OCH3 is 1. The summed E-state index contributed by atoms with van der Waals surface area (Å²) in [6, 6.07) is 0. The fraction of sp³-hybridized carbons (Fsp3) is 0.875. The number of rotatable bonds is 6. The molecule has 0 aliphatic heterocycles. The molecule has 5 nitrogen and oxygen atoms in total. The van der Waals surface area contributed by atoms with Crippen molar-refractivity contribution in [3.63, 3.8) is 0 Å². The first-order chi connectivity index (χ1) is 6.62. The molecule has 1 unspecified atom stereocenters. The van der Waals surface area contributed by atoms with Crippen LogP contribution in [-0.4, -0.2) is 37.9 Å². The highest BCUT2D eigenvalue weighted by atomic mass is 32.2. The third-order valence-electron chi connectivity index (χ3n) is 1.79. The zero-order chi connectivity index (χ0) is 12.3. The quantitative estimate of drug-likeness (QED) is 0.652. The van der Waals surface area contributed by atoms with Gasteiger partial charge in [-0.1, -0.05) is 12.2 Å². The summed E-state index contributed by atoms with van der Waals surface area (Å²) in [5.74, 6) is 0. The van der Waals surface area contributed by atoms with Gasteiger partial charge in [0.25, 0.3) is 0 Å². The predicted molar refractivity (Wildman–Crippen MR) is 64.3 cm³/mol.